The predicted molar refractivity (Wildman–Crippen MR) is 76.3 cm³/mol. The van der Waals surface area contributed by atoms with Crippen molar-refractivity contribution in [2.24, 2.45) is 5.73 Å². The van der Waals surface area contributed by atoms with Gasteiger partial charge >= 0.3 is 0 Å². The number of rotatable bonds is 3. The summed E-state index contributed by atoms with van der Waals surface area (Å²) in [6.45, 7) is 1.43. The number of benzene rings is 1. The van der Waals surface area contributed by atoms with E-state index in [-0.39, 0.29) is 11.9 Å². The Morgan fingerprint density at radius 2 is 2.06 bits per heavy atom. The highest BCUT2D eigenvalue weighted by molar-refractivity contribution is 9.10. The van der Waals surface area contributed by atoms with Crippen LogP contribution in [0.2, 0.25) is 0 Å². The maximum Gasteiger partial charge on any atom is 0.227 e. The maximum absolute atomic E-state index is 12.3. The van der Waals surface area contributed by atoms with Crippen LogP contribution in [0, 0.1) is 0 Å². The number of amides is 1. The molecule has 1 amide bonds. The fourth-order valence-corrected chi connectivity index (χ4v) is 2.72. The highest BCUT2D eigenvalue weighted by Gasteiger charge is 2.25. The second-order valence-electron chi connectivity index (χ2n) is 4.78. The van der Waals surface area contributed by atoms with Gasteiger partial charge in [0.25, 0.3) is 0 Å². The molecular weight excluding hydrogens is 292 g/mol. The van der Waals surface area contributed by atoms with E-state index in [1.807, 2.05) is 29.2 Å². The third-order valence-corrected chi connectivity index (χ3v) is 4.02. The van der Waals surface area contributed by atoms with Crippen molar-refractivity contribution in [2.75, 3.05) is 13.1 Å². The van der Waals surface area contributed by atoms with Crippen LogP contribution in [-0.4, -0.2) is 29.9 Å². The molecule has 2 rings (SSSR count). The second kappa shape index (κ2) is 6.34. The minimum absolute atomic E-state index is 0.201. The van der Waals surface area contributed by atoms with Crippen LogP contribution in [0.15, 0.2) is 28.7 Å². The lowest BCUT2D eigenvalue weighted by atomic mass is 10.0. The van der Waals surface area contributed by atoms with Crippen molar-refractivity contribution >= 4 is 21.8 Å². The summed E-state index contributed by atoms with van der Waals surface area (Å²) in [6.07, 6.45) is 3.80. The van der Waals surface area contributed by atoms with Gasteiger partial charge in [-0.05, 0) is 37.0 Å². The fraction of sp³-hybridized carbons (Fsp3) is 0.500. The van der Waals surface area contributed by atoms with E-state index in [9.17, 15) is 4.79 Å². The van der Waals surface area contributed by atoms with Gasteiger partial charge in [-0.3, -0.25) is 4.79 Å². The first-order valence-corrected chi connectivity index (χ1v) is 7.24. The Labute approximate surface area is 116 Å². The van der Waals surface area contributed by atoms with Crippen molar-refractivity contribution in [3.63, 3.8) is 0 Å². The number of hydrogen-bond donors (Lipinski definition) is 1. The summed E-state index contributed by atoms with van der Waals surface area (Å²) in [4.78, 5) is 14.2. The first-order valence-electron chi connectivity index (χ1n) is 6.44. The van der Waals surface area contributed by atoms with Crippen LogP contribution in [0.3, 0.4) is 0 Å². The largest absolute Gasteiger partial charge is 0.338 e. The van der Waals surface area contributed by atoms with Crippen LogP contribution < -0.4 is 5.73 Å². The number of carbonyl (C=O) groups excluding carboxylic acids is 1. The van der Waals surface area contributed by atoms with Gasteiger partial charge in [0.2, 0.25) is 5.91 Å². The van der Waals surface area contributed by atoms with Crippen molar-refractivity contribution < 1.29 is 4.79 Å². The van der Waals surface area contributed by atoms with Gasteiger partial charge in [0, 0.05) is 23.6 Å². The van der Waals surface area contributed by atoms with Crippen LogP contribution in [-0.2, 0) is 11.2 Å². The van der Waals surface area contributed by atoms with Gasteiger partial charge in [-0.15, -0.1) is 0 Å². The van der Waals surface area contributed by atoms with Crippen molar-refractivity contribution in [2.45, 2.75) is 31.7 Å². The summed E-state index contributed by atoms with van der Waals surface area (Å²) < 4.78 is 1.04. The molecule has 4 heteroatoms. The summed E-state index contributed by atoms with van der Waals surface area (Å²) in [5.41, 5.74) is 6.80. The molecule has 1 aliphatic heterocycles. The number of hydrogen-bond acceptors (Lipinski definition) is 2. The van der Waals surface area contributed by atoms with Crippen molar-refractivity contribution in [3.8, 4) is 0 Å². The molecule has 0 aromatic heterocycles. The molecule has 1 aliphatic rings. The Balaban J connectivity index is 2.00. The van der Waals surface area contributed by atoms with E-state index in [1.54, 1.807) is 0 Å². The number of piperidine rings is 1. The van der Waals surface area contributed by atoms with Gasteiger partial charge in [-0.2, -0.15) is 0 Å². The summed E-state index contributed by atoms with van der Waals surface area (Å²) in [6, 6.07) is 8.16. The highest BCUT2D eigenvalue weighted by Crippen LogP contribution is 2.18. The zero-order valence-corrected chi connectivity index (χ0v) is 12.0. The van der Waals surface area contributed by atoms with Crippen LogP contribution in [0.4, 0.5) is 0 Å². The highest BCUT2D eigenvalue weighted by atomic mass is 79.9. The lowest BCUT2D eigenvalue weighted by Gasteiger charge is -2.35. The summed E-state index contributed by atoms with van der Waals surface area (Å²) in [7, 11) is 0. The van der Waals surface area contributed by atoms with Crippen LogP contribution in [0.1, 0.15) is 24.8 Å². The van der Waals surface area contributed by atoms with Gasteiger partial charge < -0.3 is 10.6 Å². The molecule has 0 bridgehead atoms. The van der Waals surface area contributed by atoms with Gasteiger partial charge in [-0.25, -0.2) is 0 Å². The fourth-order valence-electron chi connectivity index (χ4n) is 2.45. The first-order chi connectivity index (χ1) is 8.70. The van der Waals surface area contributed by atoms with E-state index >= 15 is 0 Å². The van der Waals surface area contributed by atoms with E-state index in [2.05, 4.69) is 15.9 Å². The predicted octanol–water partition coefficient (Wildman–Crippen LogP) is 2.33. The number of nitrogens with two attached hydrogens (primary N) is 1. The topological polar surface area (TPSA) is 46.3 Å². The molecule has 0 spiro atoms. The molecule has 3 nitrogen and oxygen atoms in total. The zero-order chi connectivity index (χ0) is 13.0. The average molecular weight is 311 g/mol. The molecule has 0 saturated carbocycles. The molecule has 0 radical (unpaired) electrons. The zero-order valence-electron chi connectivity index (χ0n) is 10.4. The van der Waals surface area contributed by atoms with Crippen LogP contribution in [0.25, 0.3) is 0 Å². The van der Waals surface area contributed by atoms with Crippen molar-refractivity contribution in [1.82, 2.24) is 4.90 Å². The minimum Gasteiger partial charge on any atom is -0.338 e. The van der Waals surface area contributed by atoms with E-state index in [0.29, 0.717) is 13.0 Å². The molecule has 1 atom stereocenters. The van der Waals surface area contributed by atoms with E-state index in [1.165, 1.54) is 6.42 Å². The molecule has 1 aromatic rings. The van der Waals surface area contributed by atoms with Gasteiger partial charge in [0.15, 0.2) is 0 Å². The summed E-state index contributed by atoms with van der Waals surface area (Å²) in [5.74, 6) is 0.201. The van der Waals surface area contributed by atoms with Gasteiger partial charge in [0.1, 0.15) is 0 Å². The molecule has 2 N–H and O–H groups in total. The summed E-state index contributed by atoms with van der Waals surface area (Å²) >= 11 is 3.40. The monoisotopic (exact) mass is 310 g/mol. The third-order valence-electron chi connectivity index (χ3n) is 3.49. The number of carbonyl (C=O) groups is 1. The molecule has 1 aromatic carbocycles. The Hall–Kier alpha value is -0.870. The normalized spacial score (nSPS) is 19.9. The Morgan fingerprint density at radius 3 is 2.72 bits per heavy atom. The van der Waals surface area contributed by atoms with Crippen molar-refractivity contribution in [1.29, 1.82) is 0 Å². The first kappa shape index (κ1) is 13.6. The summed E-state index contributed by atoms with van der Waals surface area (Å²) in [5, 5.41) is 0. The van der Waals surface area contributed by atoms with E-state index in [4.69, 9.17) is 5.73 Å². The molecule has 0 aliphatic carbocycles. The molecule has 1 unspecified atom stereocenters. The molecule has 1 fully saturated rings. The smallest absolute Gasteiger partial charge is 0.227 e. The standard InChI is InChI=1S/C14H19BrN2O/c15-12-6-4-11(5-7-12)9-14(18)17-8-2-1-3-13(17)10-16/h4-7,13H,1-3,8-10,16H2. The number of likely N-dealkylation sites (tertiary alicyclic amines) is 1. The average Bonchev–Trinajstić information content (AvgIpc) is 2.41. The quantitative estimate of drug-likeness (QED) is 0.931. The van der Waals surface area contributed by atoms with Crippen LogP contribution >= 0.6 is 15.9 Å². The Bertz CT molecular complexity index is 405. The van der Waals surface area contributed by atoms with Crippen LogP contribution in [0.5, 0.6) is 0 Å². The second-order valence-corrected chi connectivity index (χ2v) is 5.69. The lowest BCUT2D eigenvalue weighted by molar-refractivity contribution is -0.133. The van der Waals surface area contributed by atoms with Gasteiger partial charge in [-0.1, -0.05) is 28.1 Å². The Kier molecular flexibility index (Phi) is 4.78. The van der Waals surface area contributed by atoms with Crippen molar-refractivity contribution in [3.05, 3.63) is 34.3 Å². The number of nitrogens with zero attached hydrogens (tertiary/aromatic N) is 1. The van der Waals surface area contributed by atoms with E-state index < -0.39 is 0 Å². The van der Waals surface area contributed by atoms with E-state index in [0.717, 1.165) is 29.4 Å². The molecule has 1 heterocycles. The molecular formula is C14H19BrN2O. The number of halogens is 1. The van der Waals surface area contributed by atoms with Gasteiger partial charge in [0.05, 0.1) is 6.42 Å². The lowest BCUT2D eigenvalue weighted by Crippen LogP contribution is -2.48. The molecule has 18 heavy (non-hydrogen) atoms. The third kappa shape index (κ3) is 3.33. The SMILES string of the molecule is NCC1CCCCN1C(=O)Cc1ccc(Br)cc1. The Morgan fingerprint density at radius 1 is 1.33 bits per heavy atom. The minimum atomic E-state index is 0.201. The maximum atomic E-state index is 12.3. The molecule has 98 valence electrons. The molecule has 1 saturated heterocycles.